The van der Waals surface area contributed by atoms with Crippen molar-refractivity contribution < 1.29 is 44.1 Å². The predicted molar refractivity (Wildman–Crippen MR) is 57.1 cm³/mol. The van der Waals surface area contributed by atoms with Gasteiger partial charge in [0, 0.05) is 6.92 Å². The van der Waals surface area contributed by atoms with Crippen LogP contribution in [0, 0.1) is 0 Å². The van der Waals surface area contributed by atoms with Gasteiger partial charge in [-0.3, -0.25) is 23.8 Å². The van der Waals surface area contributed by atoms with E-state index in [1.165, 1.54) is 0 Å². The van der Waals surface area contributed by atoms with E-state index in [9.17, 15) is 14.2 Å². The van der Waals surface area contributed by atoms with E-state index in [2.05, 4.69) is 0 Å². The van der Waals surface area contributed by atoms with Gasteiger partial charge in [-0.1, -0.05) is 0 Å². The molecule has 5 N–H and O–H groups in total. The van der Waals surface area contributed by atoms with Crippen molar-refractivity contribution in [2.75, 3.05) is 19.4 Å². The molecule has 10 nitrogen and oxygen atoms in total. The van der Waals surface area contributed by atoms with E-state index in [0.717, 1.165) is 6.92 Å². The predicted octanol–water partition coefficient (Wildman–Crippen LogP) is -1.32. The Morgan fingerprint density at radius 1 is 1.00 bits per heavy atom. The number of rotatable bonds is 6. The maximum atomic E-state index is 10.5. The molecule has 0 spiro atoms. The van der Waals surface area contributed by atoms with Gasteiger partial charge in [-0.2, -0.15) is 0 Å². The molecule has 0 rings (SSSR count). The molecule has 0 aliphatic heterocycles. The smallest absolute Gasteiger partial charge is 0.339 e. The Morgan fingerprint density at radius 2 is 1.28 bits per heavy atom. The molecule has 0 aromatic carbocycles. The Labute approximate surface area is 102 Å². The zero-order valence-electron chi connectivity index (χ0n) is 9.38. The zero-order chi connectivity index (χ0) is 14.9. The number of nitrogens with zero attached hydrogens (tertiary/aromatic N) is 1. The summed E-state index contributed by atoms with van der Waals surface area (Å²) < 4.78 is 10.5. The highest BCUT2D eigenvalue weighted by atomic mass is 31.2. The van der Waals surface area contributed by atoms with Crippen LogP contribution in [0.3, 0.4) is 0 Å². The maximum absolute atomic E-state index is 10.5. The molecule has 0 saturated carbocycles. The van der Waals surface area contributed by atoms with E-state index >= 15 is 0 Å². The topological polar surface area (TPSA) is 173 Å². The Morgan fingerprint density at radius 3 is 1.44 bits per heavy atom. The first-order chi connectivity index (χ1) is 7.94. The van der Waals surface area contributed by atoms with Crippen LogP contribution in [0.2, 0.25) is 0 Å². The second-order valence-corrected chi connectivity index (χ2v) is 4.71. The van der Waals surface area contributed by atoms with Gasteiger partial charge >= 0.3 is 19.5 Å². The quantitative estimate of drug-likeness (QED) is 0.369. The van der Waals surface area contributed by atoms with Crippen LogP contribution in [0.15, 0.2) is 0 Å². The standard InChI is InChI=1S/C5H10NO7P.C2H4O2/c7-4(8)1-6(2-5(9)10)3-14(11,12)13;1-2(3)4/h1-3H2,(H,7,8)(H,9,10)(H2,11,12,13);1H3,(H,3,4). The second kappa shape index (κ2) is 8.59. The van der Waals surface area contributed by atoms with E-state index in [4.69, 9.17) is 29.9 Å². The highest BCUT2D eigenvalue weighted by molar-refractivity contribution is 7.51. The van der Waals surface area contributed by atoms with E-state index < -0.39 is 44.9 Å². The summed E-state index contributed by atoms with van der Waals surface area (Å²) in [7, 11) is -4.44. The van der Waals surface area contributed by atoms with Crippen LogP contribution in [-0.2, 0) is 18.9 Å². The second-order valence-electron chi connectivity index (χ2n) is 3.10. The fourth-order valence-corrected chi connectivity index (χ4v) is 1.52. The summed E-state index contributed by atoms with van der Waals surface area (Å²) in [5.74, 6) is -3.53. The van der Waals surface area contributed by atoms with Gasteiger partial charge in [0.05, 0.1) is 13.1 Å². The largest absolute Gasteiger partial charge is 0.481 e. The van der Waals surface area contributed by atoms with E-state index in [0.29, 0.717) is 4.90 Å². The maximum Gasteiger partial charge on any atom is 0.339 e. The fourth-order valence-electron chi connectivity index (χ4n) is 0.799. The van der Waals surface area contributed by atoms with Crippen molar-refractivity contribution in [2.45, 2.75) is 6.92 Å². The molecule has 0 bridgehead atoms. The highest BCUT2D eigenvalue weighted by Gasteiger charge is 2.22. The Kier molecular flexibility index (Phi) is 9.00. The molecule has 18 heavy (non-hydrogen) atoms. The summed E-state index contributed by atoms with van der Waals surface area (Å²) in [6, 6.07) is 0. The Bertz CT molecular complexity index is 329. The van der Waals surface area contributed by atoms with Crippen molar-refractivity contribution in [1.82, 2.24) is 4.90 Å². The minimum Gasteiger partial charge on any atom is -0.481 e. The lowest BCUT2D eigenvalue weighted by atomic mass is 10.5. The van der Waals surface area contributed by atoms with Crippen molar-refractivity contribution >= 4 is 25.5 Å². The van der Waals surface area contributed by atoms with E-state index in [1.54, 1.807) is 0 Å². The minimum atomic E-state index is -4.44. The third-order valence-corrected chi connectivity index (χ3v) is 1.87. The molecule has 0 aromatic heterocycles. The van der Waals surface area contributed by atoms with Crippen molar-refractivity contribution in [2.24, 2.45) is 0 Å². The number of carboxylic acid groups (broad SMARTS) is 3. The third-order valence-electron chi connectivity index (χ3n) is 1.10. The molecule has 11 heteroatoms. The highest BCUT2D eigenvalue weighted by Crippen LogP contribution is 2.34. The molecule has 0 aliphatic carbocycles. The van der Waals surface area contributed by atoms with Gasteiger partial charge in [0.2, 0.25) is 0 Å². The summed E-state index contributed by atoms with van der Waals surface area (Å²) in [5, 5.41) is 24.0. The molecule has 0 amide bonds. The van der Waals surface area contributed by atoms with Gasteiger partial charge in [-0.15, -0.1) is 0 Å². The van der Waals surface area contributed by atoms with Gasteiger partial charge in [0.25, 0.3) is 5.97 Å². The average Bonchev–Trinajstić information content (AvgIpc) is 1.94. The molecule has 0 heterocycles. The molecule has 0 fully saturated rings. The third kappa shape index (κ3) is 20.0. The number of carboxylic acids is 3. The lowest BCUT2D eigenvalue weighted by Crippen LogP contribution is -2.35. The van der Waals surface area contributed by atoms with Gasteiger partial charge in [-0.25, -0.2) is 0 Å². The van der Waals surface area contributed by atoms with Crippen LogP contribution in [0.25, 0.3) is 0 Å². The van der Waals surface area contributed by atoms with Crippen LogP contribution >= 0.6 is 7.60 Å². The van der Waals surface area contributed by atoms with Crippen molar-refractivity contribution in [3.05, 3.63) is 0 Å². The molecular weight excluding hydrogens is 273 g/mol. The van der Waals surface area contributed by atoms with Crippen LogP contribution in [0.1, 0.15) is 6.92 Å². The number of carbonyl (C=O) groups is 3. The Balaban J connectivity index is 0. The summed E-state index contributed by atoms with van der Waals surface area (Å²) in [6.07, 6.45) is -0.883. The van der Waals surface area contributed by atoms with Crippen molar-refractivity contribution in [3.8, 4) is 0 Å². The van der Waals surface area contributed by atoms with Gasteiger partial charge < -0.3 is 25.1 Å². The number of hydrogen-bond acceptors (Lipinski definition) is 5. The summed E-state index contributed by atoms with van der Waals surface area (Å²) in [4.78, 5) is 47.0. The molecule has 0 unspecified atom stereocenters. The Hall–Kier alpha value is -1.48. The molecule has 0 saturated heterocycles. The summed E-state index contributed by atoms with van der Waals surface area (Å²) in [6.45, 7) is -0.366. The molecule has 0 radical (unpaired) electrons. The van der Waals surface area contributed by atoms with E-state index in [1.807, 2.05) is 0 Å². The SMILES string of the molecule is CC(=O)O.O=C(O)CN(CC(=O)O)CP(=O)(O)O. The fraction of sp³-hybridized carbons (Fsp3) is 0.571. The molecule has 0 aliphatic rings. The van der Waals surface area contributed by atoms with Crippen molar-refractivity contribution in [1.29, 1.82) is 0 Å². The number of aliphatic carboxylic acids is 3. The van der Waals surface area contributed by atoms with Crippen LogP contribution in [0.4, 0.5) is 0 Å². The monoisotopic (exact) mass is 287 g/mol. The molecule has 106 valence electrons. The van der Waals surface area contributed by atoms with Crippen LogP contribution in [0.5, 0.6) is 0 Å². The summed E-state index contributed by atoms with van der Waals surface area (Å²) in [5.41, 5.74) is 0. The molecular formula is C7H14NO9P. The van der Waals surface area contributed by atoms with Gasteiger partial charge in [-0.05, 0) is 0 Å². The van der Waals surface area contributed by atoms with Crippen LogP contribution in [-0.4, -0.2) is 67.3 Å². The summed E-state index contributed by atoms with van der Waals surface area (Å²) >= 11 is 0. The normalized spacial score (nSPS) is 10.4. The lowest BCUT2D eigenvalue weighted by Gasteiger charge is -2.17. The van der Waals surface area contributed by atoms with Crippen LogP contribution < -0.4 is 0 Å². The minimum absolute atomic E-state index is 0.644. The molecule has 0 aromatic rings. The first-order valence-corrected chi connectivity index (χ1v) is 6.14. The zero-order valence-corrected chi connectivity index (χ0v) is 10.3. The lowest BCUT2D eigenvalue weighted by molar-refractivity contribution is -0.141. The molecule has 0 atom stereocenters. The van der Waals surface area contributed by atoms with Gasteiger partial charge in [0.15, 0.2) is 0 Å². The first kappa shape index (κ1) is 18.9. The first-order valence-electron chi connectivity index (χ1n) is 4.34. The van der Waals surface area contributed by atoms with E-state index in [-0.39, 0.29) is 0 Å². The van der Waals surface area contributed by atoms with Crippen molar-refractivity contribution in [3.63, 3.8) is 0 Å². The van der Waals surface area contributed by atoms with Gasteiger partial charge in [0.1, 0.15) is 6.29 Å². The average molecular weight is 287 g/mol. The number of hydrogen-bond donors (Lipinski definition) is 5.